The van der Waals surface area contributed by atoms with Crippen molar-refractivity contribution < 1.29 is 9.59 Å². The number of nitrogens with one attached hydrogen (secondary N) is 1. The van der Waals surface area contributed by atoms with Crippen molar-refractivity contribution in [1.82, 2.24) is 5.32 Å². The number of rotatable bonds is 8. The molecule has 0 atom stereocenters. The van der Waals surface area contributed by atoms with E-state index < -0.39 is 0 Å². The summed E-state index contributed by atoms with van der Waals surface area (Å²) in [6.07, 6.45) is 4.97. The van der Waals surface area contributed by atoms with E-state index in [0.29, 0.717) is 23.6 Å². The Kier molecular flexibility index (Phi) is 6.20. The van der Waals surface area contributed by atoms with E-state index in [4.69, 9.17) is 11.6 Å². The summed E-state index contributed by atoms with van der Waals surface area (Å²) in [5.74, 6) is 0.513. The average Bonchev–Trinajstić information content (AvgIpc) is 2.77. The van der Waals surface area contributed by atoms with Crippen LogP contribution in [0.3, 0.4) is 0 Å². The second-order valence-electron chi connectivity index (χ2n) is 5.53. The van der Waals surface area contributed by atoms with Crippen LogP contribution in [0.2, 0.25) is 0 Å². The summed E-state index contributed by atoms with van der Waals surface area (Å²) in [7, 11) is 0. The van der Waals surface area contributed by atoms with Gasteiger partial charge >= 0.3 is 0 Å². The summed E-state index contributed by atoms with van der Waals surface area (Å²) < 4.78 is 0. The molecule has 0 radical (unpaired) electrons. The third kappa shape index (κ3) is 3.77. The quantitative estimate of drug-likeness (QED) is 0.573. The van der Waals surface area contributed by atoms with Gasteiger partial charge in [0.15, 0.2) is 0 Å². The van der Waals surface area contributed by atoms with E-state index in [1.54, 1.807) is 0 Å². The lowest BCUT2D eigenvalue weighted by atomic mass is 10.0. The van der Waals surface area contributed by atoms with E-state index in [1.165, 1.54) is 0 Å². The number of ketones is 1. The van der Waals surface area contributed by atoms with Gasteiger partial charge in [-0.15, -0.1) is 11.6 Å². The van der Waals surface area contributed by atoms with Gasteiger partial charge in [0.1, 0.15) is 0 Å². The summed E-state index contributed by atoms with van der Waals surface area (Å²) in [6, 6.07) is 7.58. The van der Waals surface area contributed by atoms with E-state index in [-0.39, 0.29) is 11.7 Å². The molecule has 1 aliphatic carbocycles. The van der Waals surface area contributed by atoms with Gasteiger partial charge in [-0.2, -0.15) is 0 Å². The van der Waals surface area contributed by atoms with Gasteiger partial charge < -0.3 is 5.32 Å². The van der Waals surface area contributed by atoms with Crippen LogP contribution < -0.4 is 5.32 Å². The van der Waals surface area contributed by atoms with Crippen molar-refractivity contribution in [3.63, 3.8) is 0 Å². The summed E-state index contributed by atoms with van der Waals surface area (Å²) in [4.78, 5) is 24.4. The van der Waals surface area contributed by atoms with E-state index in [1.807, 2.05) is 31.2 Å². The van der Waals surface area contributed by atoms with Gasteiger partial charge in [-0.3, -0.25) is 9.59 Å². The molecule has 118 valence electrons. The molecule has 0 aliphatic heterocycles. The van der Waals surface area contributed by atoms with Crippen LogP contribution in [0.15, 0.2) is 30.0 Å². The lowest BCUT2D eigenvalue weighted by Gasteiger charge is -2.09. The van der Waals surface area contributed by atoms with Crippen molar-refractivity contribution in [2.45, 2.75) is 45.4 Å². The largest absolute Gasteiger partial charge is 0.323 e. The zero-order valence-corrected chi connectivity index (χ0v) is 13.7. The minimum absolute atomic E-state index is 0.0626. The molecule has 1 aromatic rings. The van der Waals surface area contributed by atoms with E-state index in [2.05, 4.69) is 5.32 Å². The van der Waals surface area contributed by atoms with Crippen LogP contribution in [0.1, 0.15) is 61.4 Å². The number of hydrogen-bond acceptors (Lipinski definition) is 2. The van der Waals surface area contributed by atoms with Gasteiger partial charge in [0.25, 0.3) is 0 Å². The first-order valence-corrected chi connectivity index (χ1v) is 8.45. The molecule has 0 heterocycles. The van der Waals surface area contributed by atoms with Crippen molar-refractivity contribution in [2.75, 3.05) is 5.88 Å². The Morgan fingerprint density at radius 3 is 2.55 bits per heavy atom. The Morgan fingerprint density at radius 1 is 1.14 bits per heavy atom. The van der Waals surface area contributed by atoms with Crippen LogP contribution in [0.25, 0.3) is 5.57 Å². The number of allylic oxidation sites excluding steroid dienone is 2. The zero-order chi connectivity index (χ0) is 15.9. The molecule has 0 fully saturated rings. The summed E-state index contributed by atoms with van der Waals surface area (Å²) in [5, 5.41) is 2.83. The smallest absolute Gasteiger partial charge is 0.224 e. The van der Waals surface area contributed by atoms with Crippen LogP contribution in [0.4, 0.5) is 0 Å². The molecule has 4 heteroatoms. The van der Waals surface area contributed by atoms with Crippen molar-refractivity contribution in [3.8, 4) is 0 Å². The van der Waals surface area contributed by atoms with Crippen LogP contribution in [-0.2, 0) is 4.79 Å². The van der Waals surface area contributed by atoms with E-state index >= 15 is 0 Å². The lowest BCUT2D eigenvalue weighted by molar-refractivity contribution is -0.120. The summed E-state index contributed by atoms with van der Waals surface area (Å²) in [6.45, 7) is 1.95. The van der Waals surface area contributed by atoms with Crippen molar-refractivity contribution in [3.05, 3.63) is 41.1 Å². The molecule has 0 unspecified atom stereocenters. The maximum absolute atomic E-state index is 12.5. The number of unbranched alkanes of at least 4 members (excludes halogenated alkanes) is 2. The van der Waals surface area contributed by atoms with Gasteiger partial charge in [0.2, 0.25) is 11.7 Å². The zero-order valence-electron chi connectivity index (χ0n) is 13.0. The molecule has 0 saturated heterocycles. The number of fused-ring (bicyclic) bond motifs is 1. The molecule has 0 aromatic heterocycles. The second-order valence-corrected chi connectivity index (χ2v) is 5.90. The summed E-state index contributed by atoms with van der Waals surface area (Å²) in [5.41, 5.74) is 3.11. The van der Waals surface area contributed by atoms with Gasteiger partial charge in [0.05, 0.1) is 5.70 Å². The third-order valence-electron chi connectivity index (χ3n) is 3.83. The maximum atomic E-state index is 12.5. The number of amides is 1. The number of carbonyl (C=O) groups is 2. The molecule has 2 rings (SSSR count). The predicted octanol–water partition coefficient (Wildman–Crippen LogP) is 4.31. The Balaban J connectivity index is 2.22. The fourth-order valence-corrected chi connectivity index (χ4v) is 2.93. The number of carbonyl (C=O) groups excluding carboxylic acids is 2. The normalized spacial score (nSPS) is 13.5. The van der Waals surface area contributed by atoms with Crippen LogP contribution >= 0.6 is 11.6 Å². The Morgan fingerprint density at radius 2 is 1.86 bits per heavy atom. The highest BCUT2D eigenvalue weighted by atomic mass is 35.5. The molecule has 0 spiro atoms. The van der Waals surface area contributed by atoms with Gasteiger partial charge in [-0.25, -0.2) is 0 Å². The molecule has 0 saturated carbocycles. The first kappa shape index (κ1) is 16.8. The fraction of sp³-hybridized carbons (Fsp3) is 0.444. The molecular formula is C18H22ClNO2. The lowest BCUT2D eigenvalue weighted by Crippen LogP contribution is -2.26. The number of Topliss-reactive ketones (excluding diaryl/α,β-unsaturated/α-hetero) is 1. The van der Waals surface area contributed by atoms with Crippen LogP contribution in [0.5, 0.6) is 0 Å². The molecular weight excluding hydrogens is 298 g/mol. The second kappa shape index (κ2) is 8.14. The molecule has 0 bridgehead atoms. The third-order valence-corrected chi connectivity index (χ3v) is 4.09. The van der Waals surface area contributed by atoms with Gasteiger partial charge in [0, 0.05) is 17.9 Å². The van der Waals surface area contributed by atoms with Gasteiger partial charge in [-0.1, -0.05) is 37.6 Å². The predicted molar refractivity (Wildman–Crippen MR) is 89.9 cm³/mol. The summed E-state index contributed by atoms with van der Waals surface area (Å²) >= 11 is 5.71. The number of halogens is 1. The van der Waals surface area contributed by atoms with Crippen molar-refractivity contribution >= 4 is 28.9 Å². The Labute approximate surface area is 136 Å². The highest BCUT2D eigenvalue weighted by molar-refractivity contribution is 6.21. The number of hydrogen-bond donors (Lipinski definition) is 1. The first-order valence-electron chi connectivity index (χ1n) is 7.92. The standard InChI is InChI=1S/C18H22ClNO2/c1-2-8-16(21)20-17-14(10-4-3-7-12-19)13-9-5-6-11-15(13)18(17)22/h5-6,9,11H,2-4,7-8,10,12H2,1H3,(H,20,21,22). The first-order chi connectivity index (χ1) is 10.7. The SMILES string of the molecule is CCCC(=O)NC1=C(CCCCCCl)c2ccccc2C1=O. The molecule has 3 nitrogen and oxygen atoms in total. The molecule has 1 amide bonds. The minimum atomic E-state index is -0.0862. The monoisotopic (exact) mass is 319 g/mol. The van der Waals surface area contributed by atoms with Gasteiger partial charge in [-0.05, 0) is 36.8 Å². The number of alkyl halides is 1. The molecule has 22 heavy (non-hydrogen) atoms. The van der Waals surface area contributed by atoms with Crippen LogP contribution in [0, 0.1) is 0 Å². The number of benzene rings is 1. The van der Waals surface area contributed by atoms with Crippen molar-refractivity contribution in [1.29, 1.82) is 0 Å². The van der Waals surface area contributed by atoms with E-state index in [9.17, 15) is 9.59 Å². The average molecular weight is 320 g/mol. The Hall–Kier alpha value is -1.61. The van der Waals surface area contributed by atoms with E-state index in [0.717, 1.165) is 43.2 Å². The molecule has 1 N–H and O–H groups in total. The Bertz CT molecular complexity index is 593. The minimum Gasteiger partial charge on any atom is -0.323 e. The van der Waals surface area contributed by atoms with Crippen LogP contribution in [-0.4, -0.2) is 17.6 Å². The maximum Gasteiger partial charge on any atom is 0.224 e. The highest BCUT2D eigenvalue weighted by Crippen LogP contribution is 2.35. The van der Waals surface area contributed by atoms with Crippen molar-refractivity contribution in [2.24, 2.45) is 0 Å². The fourth-order valence-electron chi connectivity index (χ4n) is 2.74. The molecule has 1 aromatic carbocycles. The molecule has 1 aliphatic rings. The topological polar surface area (TPSA) is 46.2 Å². The highest BCUT2D eigenvalue weighted by Gasteiger charge is 2.29.